The van der Waals surface area contributed by atoms with E-state index >= 15 is 0 Å². The summed E-state index contributed by atoms with van der Waals surface area (Å²) in [6.07, 6.45) is 21.3. The first-order chi connectivity index (χ1) is 12.9. The number of unbranched alkanes of at least 4 members (excludes halogenated alkanes) is 16. The normalized spacial score (nSPS) is 11.7. The Morgan fingerprint density at radius 1 is 0.667 bits per heavy atom. The van der Waals surface area contributed by atoms with Crippen molar-refractivity contribution in [3.05, 3.63) is 0 Å². The molecule has 0 rings (SSSR count). The molecule has 7 heteroatoms. The minimum Gasteiger partial charge on any atom is -0.371 e. The zero-order valence-corrected chi connectivity index (χ0v) is 19.6. The van der Waals surface area contributed by atoms with Crippen LogP contribution in [0.5, 0.6) is 0 Å². The van der Waals surface area contributed by atoms with E-state index < -0.39 is 7.60 Å². The molecule has 0 aromatic rings. The number of hydrogen-bond acceptors (Lipinski definition) is 2. The lowest BCUT2D eigenvalue weighted by atomic mass is 10.0. The molecule has 0 unspecified atom stereocenters. The van der Waals surface area contributed by atoms with Gasteiger partial charge in [-0.2, -0.15) is 0 Å². The molecule has 0 spiro atoms. The van der Waals surface area contributed by atoms with Gasteiger partial charge in [-0.25, -0.2) is 0 Å². The zero-order valence-electron chi connectivity index (χ0n) is 17.0. The minimum atomic E-state index is -3.77. The Hall–Kier alpha value is 0.390. The summed E-state index contributed by atoms with van der Waals surface area (Å²) in [4.78, 5) is 17.6. The van der Waals surface area contributed by atoms with E-state index in [1.807, 2.05) is 0 Å². The lowest BCUT2D eigenvalue weighted by Crippen LogP contribution is -2.17. The molecule has 0 heterocycles. The molecule has 0 radical (unpaired) electrons. The third-order valence-electron chi connectivity index (χ3n) is 4.90. The number of nitrogens with one attached hydrogen (secondary N) is 1. The number of rotatable bonds is 20. The van der Waals surface area contributed by atoms with Crippen LogP contribution in [0.2, 0.25) is 0 Å². The van der Waals surface area contributed by atoms with Crippen LogP contribution >= 0.6 is 32.4 Å². The Bertz CT molecular complexity index is 391. The summed E-state index contributed by atoms with van der Waals surface area (Å²) in [5.74, 6) is 0. The maximum atomic E-state index is 10.7. The Morgan fingerprint density at radius 3 is 1.26 bits per heavy atom. The molecular formula is C20H42NO3PS2. The summed E-state index contributed by atoms with van der Waals surface area (Å²) in [5.41, 5.74) is 0. The van der Waals surface area contributed by atoms with Crippen molar-refractivity contribution in [2.24, 2.45) is 0 Å². The highest BCUT2D eigenvalue weighted by atomic mass is 32.1. The Labute approximate surface area is 178 Å². The number of thiol groups is 1. The van der Waals surface area contributed by atoms with E-state index in [0.29, 0.717) is 10.7 Å². The van der Waals surface area contributed by atoms with Gasteiger partial charge in [0.1, 0.15) is 4.32 Å². The van der Waals surface area contributed by atoms with Crippen molar-refractivity contribution in [2.75, 3.05) is 12.7 Å². The fourth-order valence-electron chi connectivity index (χ4n) is 3.29. The van der Waals surface area contributed by atoms with E-state index in [2.05, 4.69) is 17.9 Å². The molecule has 0 saturated carbocycles. The summed E-state index contributed by atoms with van der Waals surface area (Å²) >= 11 is 8.90. The second kappa shape index (κ2) is 19.7. The molecule has 0 amide bonds. The number of hydrogen-bond donors (Lipinski definition) is 4. The van der Waals surface area contributed by atoms with Gasteiger partial charge in [0.2, 0.25) is 0 Å². The Balaban J connectivity index is 3.05. The molecule has 3 N–H and O–H groups in total. The van der Waals surface area contributed by atoms with Crippen LogP contribution in [0.4, 0.5) is 0 Å². The van der Waals surface area contributed by atoms with Gasteiger partial charge in [0.15, 0.2) is 0 Å². The molecule has 0 aliphatic heterocycles. The summed E-state index contributed by atoms with van der Waals surface area (Å²) in [6.45, 7) is 0.957. The molecule has 4 nitrogen and oxygen atoms in total. The van der Waals surface area contributed by atoms with Gasteiger partial charge in [-0.15, -0.1) is 12.6 Å². The average molecular weight is 440 g/mol. The summed E-state index contributed by atoms with van der Waals surface area (Å²) in [7, 11) is -3.77. The van der Waals surface area contributed by atoms with E-state index in [4.69, 9.17) is 22.0 Å². The van der Waals surface area contributed by atoms with Crippen molar-refractivity contribution >= 4 is 36.8 Å². The predicted octanol–water partition coefficient (Wildman–Crippen LogP) is 6.60. The topological polar surface area (TPSA) is 69.6 Å². The fourth-order valence-corrected chi connectivity index (χ4v) is 4.14. The molecule has 162 valence electrons. The number of thiocarbonyl (C=S) groups is 1. The predicted molar refractivity (Wildman–Crippen MR) is 125 cm³/mol. The van der Waals surface area contributed by atoms with Crippen molar-refractivity contribution in [2.45, 2.75) is 109 Å². The molecule has 0 fully saturated rings. The van der Waals surface area contributed by atoms with Gasteiger partial charge < -0.3 is 15.1 Å². The van der Waals surface area contributed by atoms with E-state index in [9.17, 15) is 4.57 Å². The van der Waals surface area contributed by atoms with Crippen LogP contribution in [-0.2, 0) is 4.57 Å². The van der Waals surface area contributed by atoms with Crippen LogP contribution < -0.4 is 5.32 Å². The third-order valence-corrected chi connectivity index (χ3v) is 6.10. The van der Waals surface area contributed by atoms with E-state index in [1.54, 1.807) is 0 Å². The van der Waals surface area contributed by atoms with Gasteiger partial charge in [0, 0.05) is 12.7 Å². The average Bonchev–Trinajstić information content (AvgIpc) is 2.58. The largest absolute Gasteiger partial charge is 0.371 e. The molecule has 0 aromatic heterocycles. The van der Waals surface area contributed by atoms with Crippen molar-refractivity contribution in [3.8, 4) is 0 Å². The highest BCUT2D eigenvalue weighted by Gasteiger charge is 2.10. The molecular weight excluding hydrogens is 397 g/mol. The van der Waals surface area contributed by atoms with Crippen molar-refractivity contribution in [3.63, 3.8) is 0 Å². The molecule has 0 saturated heterocycles. The third kappa shape index (κ3) is 26.4. The Morgan fingerprint density at radius 2 is 0.963 bits per heavy atom. The van der Waals surface area contributed by atoms with Gasteiger partial charge in [-0.05, 0) is 12.8 Å². The molecule has 27 heavy (non-hydrogen) atoms. The minimum absolute atomic E-state index is 0.0516. The first kappa shape index (κ1) is 27.4. The van der Waals surface area contributed by atoms with Gasteiger partial charge in [-0.1, -0.05) is 109 Å². The molecule has 0 atom stereocenters. The van der Waals surface area contributed by atoms with Gasteiger partial charge >= 0.3 is 7.60 Å². The van der Waals surface area contributed by atoms with Gasteiger partial charge in [0.05, 0.1) is 0 Å². The lowest BCUT2D eigenvalue weighted by molar-refractivity contribution is 0.370. The fraction of sp³-hybridized carbons (Fsp3) is 0.950. The SMILES string of the molecule is O=P(O)(O)CCCCCCCCCCCCCCCCCCCNC(=S)S. The van der Waals surface area contributed by atoms with E-state index in [0.717, 1.165) is 19.4 Å². The second-order valence-electron chi connectivity index (χ2n) is 7.63. The maximum absolute atomic E-state index is 10.7. The van der Waals surface area contributed by atoms with Crippen molar-refractivity contribution < 1.29 is 14.4 Å². The van der Waals surface area contributed by atoms with Crippen LogP contribution in [0.15, 0.2) is 0 Å². The quantitative estimate of drug-likeness (QED) is 0.0744. The summed E-state index contributed by atoms with van der Waals surface area (Å²) in [6, 6.07) is 0. The monoisotopic (exact) mass is 439 g/mol. The second-order valence-corrected chi connectivity index (χ2v) is 10.6. The van der Waals surface area contributed by atoms with Gasteiger partial charge in [-0.3, -0.25) is 4.57 Å². The van der Waals surface area contributed by atoms with Crippen molar-refractivity contribution in [1.29, 1.82) is 0 Å². The van der Waals surface area contributed by atoms with E-state index in [-0.39, 0.29) is 6.16 Å². The Kier molecular flexibility index (Phi) is 20.0. The molecule has 0 aliphatic carbocycles. The highest BCUT2D eigenvalue weighted by molar-refractivity contribution is 8.11. The molecule has 0 bridgehead atoms. The van der Waals surface area contributed by atoms with Gasteiger partial charge in [0.25, 0.3) is 0 Å². The maximum Gasteiger partial charge on any atom is 0.325 e. The lowest BCUT2D eigenvalue weighted by Gasteiger charge is -2.05. The van der Waals surface area contributed by atoms with Crippen molar-refractivity contribution in [1.82, 2.24) is 5.32 Å². The smallest absolute Gasteiger partial charge is 0.325 e. The summed E-state index contributed by atoms with van der Waals surface area (Å²) < 4.78 is 11.3. The zero-order chi connectivity index (χ0) is 20.2. The van der Waals surface area contributed by atoms with Crippen LogP contribution in [0.1, 0.15) is 109 Å². The van der Waals surface area contributed by atoms with E-state index in [1.165, 1.54) is 89.9 Å². The molecule has 0 aromatic carbocycles. The summed E-state index contributed by atoms with van der Waals surface area (Å²) in [5, 5.41) is 3.07. The molecule has 0 aliphatic rings. The van der Waals surface area contributed by atoms with Crippen LogP contribution in [0, 0.1) is 0 Å². The first-order valence-corrected chi connectivity index (χ1v) is 13.6. The highest BCUT2D eigenvalue weighted by Crippen LogP contribution is 2.35. The van der Waals surface area contributed by atoms with Crippen LogP contribution in [0.3, 0.4) is 0 Å². The van der Waals surface area contributed by atoms with Crippen LogP contribution in [0.25, 0.3) is 0 Å². The van der Waals surface area contributed by atoms with Crippen LogP contribution in [-0.4, -0.2) is 26.8 Å². The standard InChI is InChI=1S/C20H42NO3PS2/c22-25(23,24)19-17-15-13-11-9-7-5-3-1-2-4-6-8-10-12-14-16-18-21-20(26)27/h1-19H2,(H2,21,26,27)(H2,22,23,24). The first-order valence-electron chi connectivity index (χ1n) is 10.9.